The molecule has 0 aliphatic carbocycles. The van der Waals surface area contributed by atoms with Crippen LogP contribution in [0.15, 0.2) is 72.8 Å². The highest BCUT2D eigenvalue weighted by atomic mass is 19.4. The third-order valence-corrected chi connectivity index (χ3v) is 4.84. The number of carbonyl (C=O) groups excluding carboxylic acids is 1. The van der Waals surface area contributed by atoms with Gasteiger partial charge in [-0.05, 0) is 57.2 Å². The minimum atomic E-state index is -4.97. The molecular formula is C24H24F3N3O. The molecule has 0 spiro atoms. The lowest BCUT2D eigenvalue weighted by atomic mass is 10.1. The first-order chi connectivity index (χ1) is 14.6. The molecule has 3 aromatic rings. The van der Waals surface area contributed by atoms with E-state index in [1.165, 1.54) is 24.3 Å². The van der Waals surface area contributed by atoms with Crippen molar-refractivity contribution in [3.05, 3.63) is 89.5 Å². The third-order valence-electron chi connectivity index (χ3n) is 4.84. The normalized spacial score (nSPS) is 11.7. The number of hydrogen-bond donors (Lipinski definition) is 3. The largest absolute Gasteiger partial charge is 0.439 e. The zero-order valence-electron chi connectivity index (χ0n) is 17.5. The quantitative estimate of drug-likeness (QED) is 0.421. The Morgan fingerprint density at radius 1 is 0.613 bits per heavy atom. The fourth-order valence-corrected chi connectivity index (χ4v) is 2.98. The van der Waals surface area contributed by atoms with Gasteiger partial charge in [0.15, 0.2) is 0 Å². The molecule has 1 amide bonds. The van der Waals surface area contributed by atoms with Crippen LogP contribution in [0.4, 0.5) is 30.2 Å². The van der Waals surface area contributed by atoms with E-state index in [-0.39, 0.29) is 17.1 Å². The predicted molar refractivity (Wildman–Crippen MR) is 118 cm³/mol. The van der Waals surface area contributed by atoms with Crippen molar-refractivity contribution < 1.29 is 18.0 Å². The summed E-state index contributed by atoms with van der Waals surface area (Å²) in [5.74, 6) is -1.27. The second-order valence-corrected chi connectivity index (χ2v) is 7.55. The zero-order chi connectivity index (χ0) is 22.6. The fourth-order valence-electron chi connectivity index (χ4n) is 2.98. The highest BCUT2D eigenvalue weighted by Gasteiger charge is 2.61. The summed E-state index contributed by atoms with van der Waals surface area (Å²) >= 11 is 0. The number of halogens is 3. The molecule has 0 bridgehead atoms. The summed E-state index contributed by atoms with van der Waals surface area (Å²) in [6.45, 7) is 5.51. The fraction of sp³-hybridized carbons (Fsp3) is 0.208. The lowest BCUT2D eigenvalue weighted by molar-refractivity contribution is -0.176. The van der Waals surface area contributed by atoms with Crippen LogP contribution < -0.4 is 16.0 Å². The highest BCUT2D eigenvalue weighted by Crippen LogP contribution is 2.36. The van der Waals surface area contributed by atoms with Crippen LogP contribution in [0.5, 0.6) is 0 Å². The Hall–Kier alpha value is -3.48. The monoisotopic (exact) mass is 427 g/mol. The molecule has 3 rings (SSSR count). The van der Waals surface area contributed by atoms with Gasteiger partial charge in [0.1, 0.15) is 0 Å². The standard InChI is InChI=1S/C24H24F3N3O/c1-16-4-10-19(11-5-16)28-22(31)23(24(25,26)27,29-20-12-6-17(2)7-13-20)30-21-14-8-18(3)9-15-21/h4-15,29-30H,1-3H3,(H,28,31). The van der Waals surface area contributed by atoms with Crippen molar-refractivity contribution in [3.63, 3.8) is 0 Å². The van der Waals surface area contributed by atoms with Crippen LogP contribution in [0.2, 0.25) is 0 Å². The predicted octanol–water partition coefficient (Wildman–Crippen LogP) is 6.03. The number of nitrogens with one attached hydrogen (secondary N) is 3. The van der Waals surface area contributed by atoms with Gasteiger partial charge in [-0.2, -0.15) is 13.2 Å². The second-order valence-electron chi connectivity index (χ2n) is 7.55. The van der Waals surface area contributed by atoms with Gasteiger partial charge in [-0.1, -0.05) is 53.1 Å². The minimum Gasteiger partial charge on any atom is -0.347 e. The van der Waals surface area contributed by atoms with Crippen molar-refractivity contribution in [2.75, 3.05) is 16.0 Å². The van der Waals surface area contributed by atoms with E-state index in [0.717, 1.165) is 16.7 Å². The smallest absolute Gasteiger partial charge is 0.347 e. The summed E-state index contributed by atoms with van der Waals surface area (Å²) in [6, 6.07) is 19.3. The van der Waals surface area contributed by atoms with Gasteiger partial charge in [-0.15, -0.1) is 0 Å². The maximum atomic E-state index is 14.5. The summed E-state index contributed by atoms with van der Waals surface area (Å²) in [5.41, 5.74) is 0.166. The molecule has 4 nitrogen and oxygen atoms in total. The van der Waals surface area contributed by atoms with E-state index in [0.29, 0.717) is 0 Å². The summed E-state index contributed by atoms with van der Waals surface area (Å²) in [4.78, 5) is 13.2. The molecule has 0 aliphatic rings. The highest BCUT2D eigenvalue weighted by molar-refractivity contribution is 6.02. The molecule has 0 saturated heterocycles. The average molecular weight is 427 g/mol. The van der Waals surface area contributed by atoms with Crippen molar-refractivity contribution >= 4 is 23.0 Å². The van der Waals surface area contributed by atoms with Crippen LogP contribution in [0.3, 0.4) is 0 Å². The van der Waals surface area contributed by atoms with E-state index in [1.54, 1.807) is 48.5 Å². The summed E-state index contributed by atoms with van der Waals surface area (Å²) in [6.07, 6.45) is -4.97. The van der Waals surface area contributed by atoms with E-state index < -0.39 is 17.7 Å². The number of alkyl halides is 3. The molecule has 3 aromatic carbocycles. The van der Waals surface area contributed by atoms with E-state index in [4.69, 9.17) is 0 Å². The Kier molecular flexibility index (Phi) is 6.24. The number of carbonyl (C=O) groups is 1. The van der Waals surface area contributed by atoms with Gasteiger partial charge < -0.3 is 16.0 Å². The first-order valence-electron chi connectivity index (χ1n) is 9.74. The minimum absolute atomic E-state index is 0.154. The van der Waals surface area contributed by atoms with E-state index >= 15 is 0 Å². The first-order valence-corrected chi connectivity index (χ1v) is 9.74. The van der Waals surface area contributed by atoms with Gasteiger partial charge in [-0.3, -0.25) is 4.79 Å². The van der Waals surface area contributed by atoms with Gasteiger partial charge in [0.05, 0.1) is 0 Å². The Morgan fingerprint density at radius 2 is 0.935 bits per heavy atom. The number of benzene rings is 3. The summed E-state index contributed by atoms with van der Waals surface area (Å²) in [7, 11) is 0. The molecule has 162 valence electrons. The topological polar surface area (TPSA) is 53.2 Å². The van der Waals surface area contributed by atoms with Gasteiger partial charge >= 0.3 is 6.18 Å². The Bertz CT molecular complexity index is 980. The van der Waals surface area contributed by atoms with Gasteiger partial charge in [0.2, 0.25) is 0 Å². The Balaban J connectivity index is 2.05. The molecule has 0 heterocycles. The summed E-state index contributed by atoms with van der Waals surface area (Å²) < 4.78 is 43.6. The molecule has 0 unspecified atom stereocenters. The molecule has 0 aromatic heterocycles. The number of aryl methyl sites for hydroxylation is 3. The number of hydrogen-bond acceptors (Lipinski definition) is 3. The van der Waals surface area contributed by atoms with Crippen LogP contribution >= 0.6 is 0 Å². The Morgan fingerprint density at radius 3 is 1.26 bits per heavy atom. The lowest BCUT2D eigenvalue weighted by Crippen LogP contribution is -2.65. The SMILES string of the molecule is Cc1ccc(NC(=O)C(Nc2ccc(C)cc2)(Nc2ccc(C)cc2)C(F)(F)F)cc1. The molecule has 0 radical (unpaired) electrons. The van der Waals surface area contributed by atoms with Crippen molar-refractivity contribution in [2.45, 2.75) is 32.6 Å². The third kappa shape index (κ3) is 5.17. The molecule has 0 atom stereocenters. The van der Waals surface area contributed by atoms with Crippen molar-refractivity contribution in [2.24, 2.45) is 0 Å². The molecule has 31 heavy (non-hydrogen) atoms. The maximum Gasteiger partial charge on any atom is 0.439 e. The molecule has 0 saturated carbocycles. The molecular weight excluding hydrogens is 403 g/mol. The lowest BCUT2D eigenvalue weighted by Gasteiger charge is -2.37. The molecule has 0 aliphatic heterocycles. The first kappa shape index (κ1) is 22.2. The molecule has 3 N–H and O–H groups in total. The average Bonchev–Trinajstić information content (AvgIpc) is 2.71. The van der Waals surface area contributed by atoms with Gasteiger partial charge in [0, 0.05) is 17.1 Å². The van der Waals surface area contributed by atoms with Crippen LogP contribution in [0.25, 0.3) is 0 Å². The number of amides is 1. The van der Waals surface area contributed by atoms with Crippen molar-refractivity contribution in [3.8, 4) is 0 Å². The van der Waals surface area contributed by atoms with Crippen LogP contribution in [0, 0.1) is 20.8 Å². The number of rotatable bonds is 6. The maximum absolute atomic E-state index is 14.5. The molecule has 0 fully saturated rings. The molecule has 7 heteroatoms. The van der Waals surface area contributed by atoms with Gasteiger partial charge in [0.25, 0.3) is 11.6 Å². The zero-order valence-corrected chi connectivity index (χ0v) is 17.5. The Labute approximate surface area is 179 Å². The van der Waals surface area contributed by atoms with E-state index in [1.807, 2.05) is 20.8 Å². The van der Waals surface area contributed by atoms with Crippen molar-refractivity contribution in [1.29, 1.82) is 0 Å². The van der Waals surface area contributed by atoms with E-state index in [2.05, 4.69) is 16.0 Å². The summed E-state index contributed by atoms with van der Waals surface area (Å²) in [5, 5.41) is 7.21. The van der Waals surface area contributed by atoms with Gasteiger partial charge in [-0.25, -0.2) is 0 Å². The van der Waals surface area contributed by atoms with E-state index in [9.17, 15) is 18.0 Å². The van der Waals surface area contributed by atoms with Crippen LogP contribution in [-0.4, -0.2) is 17.7 Å². The van der Waals surface area contributed by atoms with Crippen LogP contribution in [0.1, 0.15) is 16.7 Å². The van der Waals surface area contributed by atoms with Crippen molar-refractivity contribution in [1.82, 2.24) is 0 Å². The van der Waals surface area contributed by atoms with Crippen LogP contribution in [-0.2, 0) is 4.79 Å². The number of anilines is 3. The second kappa shape index (κ2) is 8.71.